The van der Waals surface area contributed by atoms with Gasteiger partial charge in [0.2, 0.25) is 10.0 Å². The zero-order valence-corrected chi connectivity index (χ0v) is 13.5. The van der Waals surface area contributed by atoms with Gasteiger partial charge in [-0.15, -0.1) is 0 Å². The maximum absolute atomic E-state index is 12.7. The molecule has 0 aliphatic heterocycles. The van der Waals surface area contributed by atoms with Gasteiger partial charge in [0.1, 0.15) is 11.5 Å². The highest BCUT2D eigenvalue weighted by molar-refractivity contribution is 7.89. The number of hydrogen-bond acceptors (Lipinski definition) is 4. The van der Waals surface area contributed by atoms with Crippen LogP contribution < -0.4 is 5.73 Å². The molecule has 1 aromatic carbocycles. The smallest absolute Gasteiger partial charge is 0.243 e. The number of sulfonamides is 1. The van der Waals surface area contributed by atoms with Gasteiger partial charge < -0.3 is 10.2 Å². The van der Waals surface area contributed by atoms with Crippen molar-refractivity contribution in [3.05, 3.63) is 46.9 Å². The molecular formula is C15H20N2O3S. The monoisotopic (exact) mass is 308 g/mol. The van der Waals surface area contributed by atoms with Gasteiger partial charge >= 0.3 is 0 Å². The van der Waals surface area contributed by atoms with E-state index in [4.69, 9.17) is 10.2 Å². The highest BCUT2D eigenvalue weighted by atomic mass is 32.2. The highest BCUT2D eigenvalue weighted by Gasteiger charge is 2.25. The lowest BCUT2D eigenvalue weighted by Gasteiger charge is -2.19. The number of nitrogen functional groups attached to an aromatic ring is 1. The molecule has 1 heterocycles. The third kappa shape index (κ3) is 3.11. The number of aryl methyl sites for hydroxylation is 3. The molecule has 0 fully saturated rings. The van der Waals surface area contributed by atoms with E-state index in [0.717, 1.165) is 5.76 Å². The number of furan rings is 1. The quantitative estimate of drug-likeness (QED) is 0.881. The largest absolute Gasteiger partial charge is 0.465 e. The second-order valence-electron chi connectivity index (χ2n) is 5.26. The Kier molecular flexibility index (Phi) is 4.11. The molecule has 0 saturated carbocycles. The van der Waals surface area contributed by atoms with Gasteiger partial charge in [-0.05, 0) is 56.2 Å². The molecule has 0 aliphatic rings. The van der Waals surface area contributed by atoms with E-state index >= 15 is 0 Å². The molecule has 0 amide bonds. The highest BCUT2D eigenvalue weighted by Crippen LogP contribution is 2.26. The average molecular weight is 308 g/mol. The zero-order chi connectivity index (χ0) is 15.8. The number of nitrogens with two attached hydrogens (primary N) is 1. The van der Waals surface area contributed by atoms with Crippen LogP contribution in [0.25, 0.3) is 0 Å². The molecule has 2 aromatic rings. The van der Waals surface area contributed by atoms with Crippen LogP contribution in [0.2, 0.25) is 0 Å². The molecule has 21 heavy (non-hydrogen) atoms. The molecule has 0 bridgehead atoms. The lowest BCUT2D eigenvalue weighted by Crippen LogP contribution is -2.27. The standard InChI is InChI=1S/C15H20N2O3S/c1-10-7-13(16)8-11(2)15(10)21(18,19)17(4)9-14-6-5-12(3)20-14/h5-8H,9,16H2,1-4H3. The number of rotatable bonds is 4. The summed E-state index contributed by atoms with van der Waals surface area (Å²) in [5.74, 6) is 1.37. The van der Waals surface area contributed by atoms with Gasteiger partial charge in [-0.1, -0.05) is 0 Å². The fourth-order valence-corrected chi connectivity index (χ4v) is 3.96. The molecule has 0 unspecified atom stereocenters. The molecule has 0 atom stereocenters. The second-order valence-corrected chi connectivity index (χ2v) is 7.24. The minimum absolute atomic E-state index is 0.194. The van der Waals surface area contributed by atoms with Crippen LogP contribution in [0, 0.1) is 20.8 Å². The summed E-state index contributed by atoms with van der Waals surface area (Å²) in [5.41, 5.74) is 7.61. The van der Waals surface area contributed by atoms with Crippen LogP contribution >= 0.6 is 0 Å². The maximum Gasteiger partial charge on any atom is 0.243 e. The predicted octanol–water partition coefficient (Wildman–Crippen LogP) is 2.61. The van der Waals surface area contributed by atoms with E-state index in [9.17, 15) is 8.42 Å². The molecule has 114 valence electrons. The lowest BCUT2D eigenvalue weighted by atomic mass is 10.1. The molecule has 0 radical (unpaired) electrons. The third-order valence-electron chi connectivity index (χ3n) is 3.33. The molecule has 0 aliphatic carbocycles. The molecule has 0 spiro atoms. The summed E-state index contributed by atoms with van der Waals surface area (Å²) < 4.78 is 32.2. The van der Waals surface area contributed by atoms with Crippen molar-refractivity contribution in [2.45, 2.75) is 32.2 Å². The number of hydrogen-bond donors (Lipinski definition) is 1. The second kappa shape index (κ2) is 5.54. The maximum atomic E-state index is 12.7. The van der Waals surface area contributed by atoms with Crippen molar-refractivity contribution < 1.29 is 12.8 Å². The van der Waals surface area contributed by atoms with Crippen LogP contribution in [-0.4, -0.2) is 19.8 Å². The SMILES string of the molecule is Cc1ccc(CN(C)S(=O)(=O)c2c(C)cc(N)cc2C)o1. The van der Waals surface area contributed by atoms with Crippen molar-refractivity contribution >= 4 is 15.7 Å². The summed E-state index contributed by atoms with van der Waals surface area (Å²) in [7, 11) is -2.04. The Hall–Kier alpha value is -1.79. The Morgan fingerprint density at radius 2 is 1.71 bits per heavy atom. The molecular weight excluding hydrogens is 288 g/mol. The van der Waals surface area contributed by atoms with Crippen molar-refractivity contribution in [3.8, 4) is 0 Å². The fourth-order valence-electron chi connectivity index (χ4n) is 2.42. The van der Waals surface area contributed by atoms with Crippen LogP contribution in [0.1, 0.15) is 22.6 Å². The molecule has 2 rings (SSSR count). The van der Waals surface area contributed by atoms with Crippen LogP contribution in [0.5, 0.6) is 0 Å². The van der Waals surface area contributed by atoms with Gasteiger partial charge in [-0.2, -0.15) is 4.31 Å². The third-order valence-corrected chi connectivity index (χ3v) is 5.44. The first-order chi connectivity index (χ1) is 9.71. The Labute approximate surface area is 125 Å². The first-order valence-corrected chi connectivity index (χ1v) is 8.04. The Balaban J connectivity index is 2.38. The van der Waals surface area contributed by atoms with E-state index in [2.05, 4.69) is 0 Å². The summed E-state index contributed by atoms with van der Waals surface area (Å²) in [6.45, 7) is 5.52. The van der Waals surface area contributed by atoms with E-state index in [-0.39, 0.29) is 6.54 Å². The van der Waals surface area contributed by atoms with Crippen molar-refractivity contribution in [1.29, 1.82) is 0 Å². The number of benzene rings is 1. The number of nitrogens with zero attached hydrogens (tertiary/aromatic N) is 1. The molecule has 1 aromatic heterocycles. The summed E-state index contributed by atoms with van der Waals surface area (Å²) in [6, 6.07) is 6.94. The summed E-state index contributed by atoms with van der Waals surface area (Å²) >= 11 is 0. The molecule has 0 saturated heterocycles. The Bertz CT molecular complexity index is 740. The van der Waals surface area contributed by atoms with Gasteiger partial charge in [0, 0.05) is 12.7 Å². The van der Waals surface area contributed by atoms with Gasteiger partial charge in [0.05, 0.1) is 11.4 Å². The summed E-state index contributed by atoms with van der Waals surface area (Å²) in [4.78, 5) is 0.308. The minimum Gasteiger partial charge on any atom is -0.465 e. The van der Waals surface area contributed by atoms with Crippen molar-refractivity contribution in [2.24, 2.45) is 0 Å². The predicted molar refractivity (Wildman–Crippen MR) is 82.4 cm³/mol. The van der Waals surface area contributed by atoms with Crippen LogP contribution in [0.3, 0.4) is 0 Å². The van der Waals surface area contributed by atoms with Gasteiger partial charge in [-0.25, -0.2) is 8.42 Å². The van der Waals surface area contributed by atoms with Gasteiger partial charge in [-0.3, -0.25) is 0 Å². The van der Waals surface area contributed by atoms with E-state index in [1.54, 1.807) is 39.1 Å². The van der Waals surface area contributed by atoms with Crippen molar-refractivity contribution in [3.63, 3.8) is 0 Å². The Morgan fingerprint density at radius 3 is 2.19 bits per heavy atom. The minimum atomic E-state index is -3.59. The summed E-state index contributed by atoms with van der Waals surface area (Å²) in [6.07, 6.45) is 0. The van der Waals surface area contributed by atoms with Gasteiger partial charge in [0.25, 0.3) is 0 Å². The molecule has 5 nitrogen and oxygen atoms in total. The van der Waals surface area contributed by atoms with E-state index in [0.29, 0.717) is 27.5 Å². The van der Waals surface area contributed by atoms with Crippen molar-refractivity contribution in [2.75, 3.05) is 12.8 Å². The molecule has 2 N–H and O–H groups in total. The normalized spacial score (nSPS) is 12.0. The van der Waals surface area contributed by atoms with Crippen LogP contribution in [-0.2, 0) is 16.6 Å². The number of anilines is 1. The first kappa shape index (κ1) is 15.6. The molecule has 6 heteroatoms. The summed E-state index contributed by atoms with van der Waals surface area (Å²) in [5, 5.41) is 0. The van der Waals surface area contributed by atoms with E-state index < -0.39 is 10.0 Å². The van der Waals surface area contributed by atoms with Crippen LogP contribution in [0.4, 0.5) is 5.69 Å². The van der Waals surface area contributed by atoms with Crippen LogP contribution in [0.15, 0.2) is 33.6 Å². The van der Waals surface area contributed by atoms with Gasteiger partial charge in [0.15, 0.2) is 0 Å². The average Bonchev–Trinajstić information content (AvgIpc) is 2.72. The van der Waals surface area contributed by atoms with E-state index in [1.807, 2.05) is 13.0 Å². The fraction of sp³-hybridized carbons (Fsp3) is 0.333. The first-order valence-electron chi connectivity index (χ1n) is 6.60. The van der Waals surface area contributed by atoms with Crippen molar-refractivity contribution in [1.82, 2.24) is 4.31 Å². The topological polar surface area (TPSA) is 76.5 Å². The van der Waals surface area contributed by atoms with E-state index in [1.165, 1.54) is 4.31 Å². The lowest BCUT2D eigenvalue weighted by molar-refractivity contribution is 0.397. The Morgan fingerprint density at radius 1 is 1.14 bits per heavy atom. The zero-order valence-electron chi connectivity index (χ0n) is 12.7.